The number of nitrogens with zero attached hydrogens (tertiary/aromatic N) is 3. The summed E-state index contributed by atoms with van der Waals surface area (Å²) in [4.78, 5) is 10.5. The van der Waals surface area contributed by atoms with E-state index >= 15 is 0 Å². The highest BCUT2D eigenvalue weighted by atomic mass is 16.5. The molecule has 1 N–H and O–H groups in total. The minimum atomic E-state index is 0.282. The van der Waals surface area contributed by atoms with Gasteiger partial charge in [0.2, 0.25) is 5.88 Å². The third kappa shape index (κ3) is 3.41. The Labute approximate surface area is 123 Å². The van der Waals surface area contributed by atoms with E-state index in [1.165, 1.54) is 5.69 Å². The number of aromatic nitrogens is 2. The highest BCUT2D eigenvalue weighted by Gasteiger charge is 2.10. The fourth-order valence-electron chi connectivity index (χ4n) is 2.24. The summed E-state index contributed by atoms with van der Waals surface area (Å²) >= 11 is 0. The highest BCUT2D eigenvalue weighted by molar-refractivity contribution is 5.49. The van der Waals surface area contributed by atoms with Gasteiger partial charge < -0.3 is 19.7 Å². The van der Waals surface area contributed by atoms with Gasteiger partial charge in [-0.3, -0.25) is 0 Å². The fourth-order valence-corrected chi connectivity index (χ4v) is 2.24. The van der Waals surface area contributed by atoms with Crippen LogP contribution < -0.4 is 19.7 Å². The second-order valence-electron chi connectivity index (χ2n) is 4.71. The first kappa shape index (κ1) is 13.6. The Morgan fingerprint density at radius 2 is 1.86 bits per heavy atom. The molecule has 0 amide bonds. The first-order chi connectivity index (χ1) is 10.3. The van der Waals surface area contributed by atoms with Gasteiger partial charge in [-0.25, -0.2) is 4.98 Å². The van der Waals surface area contributed by atoms with Crippen LogP contribution in [0.15, 0.2) is 36.5 Å². The standard InChI is InChI=1S/C15H18N4O2/c1-20-14-6-7-17-15(18-14)21-13-4-2-12(3-5-13)19-10-8-16-9-11-19/h2-7,16H,8-11H2,1H3. The number of nitrogens with one attached hydrogen (secondary N) is 1. The quantitative estimate of drug-likeness (QED) is 0.923. The number of rotatable bonds is 4. The van der Waals surface area contributed by atoms with Crippen molar-refractivity contribution in [2.75, 3.05) is 38.2 Å². The normalized spacial score (nSPS) is 14.8. The molecule has 0 bridgehead atoms. The Hall–Kier alpha value is -2.34. The molecule has 21 heavy (non-hydrogen) atoms. The molecule has 1 aliphatic heterocycles. The number of benzene rings is 1. The van der Waals surface area contributed by atoms with Crippen molar-refractivity contribution in [3.63, 3.8) is 0 Å². The van der Waals surface area contributed by atoms with Crippen molar-refractivity contribution in [2.24, 2.45) is 0 Å². The van der Waals surface area contributed by atoms with Gasteiger partial charge in [0.25, 0.3) is 0 Å². The number of methoxy groups -OCH3 is 1. The summed E-state index contributed by atoms with van der Waals surface area (Å²) in [6.45, 7) is 4.10. The predicted octanol–water partition coefficient (Wildman–Crippen LogP) is 1.69. The highest BCUT2D eigenvalue weighted by Crippen LogP contribution is 2.23. The molecule has 0 spiro atoms. The summed E-state index contributed by atoms with van der Waals surface area (Å²) in [7, 11) is 1.56. The first-order valence-electron chi connectivity index (χ1n) is 6.96. The maximum atomic E-state index is 5.63. The SMILES string of the molecule is COc1ccnc(Oc2ccc(N3CCNCC3)cc2)n1. The van der Waals surface area contributed by atoms with Gasteiger partial charge in [0, 0.05) is 44.1 Å². The second kappa shape index (κ2) is 6.41. The molecule has 0 saturated carbocycles. The van der Waals surface area contributed by atoms with E-state index in [1.807, 2.05) is 12.1 Å². The molecular formula is C15H18N4O2. The minimum Gasteiger partial charge on any atom is -0.481 e. The van der Waals surface area contributed by atoms with Crippen molar-refractivity contribution >= 4 is 5.69 Å². The number of hydrogen-bond acceptors (Lipinski definition) is 6. The fraction of sp³-hybridized carbons (Fsp3) is 0.333. The summed E-state index contributed by atoms with van der Waals surface area (Å²) < 4.78 is 10.7. The molecular weight excluding hydrogens is 268 g/mol. The van der Waals surface area contributed by atoms with E-state index in [0.29, 0.717) is 11.6 Å². The lowest BCUT2D eigenvalue weighted by Crippen LogP contribution is -2.43. The minimum absolute atomic E-state index is 0.282. The maximum absolute atomic E-state index is 5.63. The zero-order valence-corrected chi connectivity index (χ0v) is 12.0. The molecule has 0 atom stereocenters. The Morgan fingerprint density at radius 3 is 2.57 bits per heavy atom. The predicted molar refractivity (Wildman–Crippen MR) is 80.2 cm³/mol. The Balaban J connectivity index is 1.68. The number of anilines is 1. The van der Waals surface area contributed by atoms with Crippen LogP contribution in [0.2, 0.25) is 0 Å². The number of hydrogen-bond donors (Lipinski definition) is 1. The van der Waals surface area contributed by atoms with E-state index < -0.39 is 0 Å². The maximum Gasteiger partial charge on any atom is 0.325 e. The molecule has 0 unspecified atom stereocenters. The van der Waals surface area contributed by atoms with E-state index in [-0.39, 0.29) is 6.01 Å². The van der Waals surface area contributed by atoms with Gasteiger partial charge in [-0.2, -0.15) is 4.98 Å². The molecule has 0 aliphatic carbocycles. The lowest BCUT2D eigenvalue weighted by atomic mass is 10.2. The second-order valence-corrected chi connectivity index (χ2v) is 4.71. The van der Waals surface area contributed by atoms with Gasteiger partial charge in [-0.05, 0) is 24.3 Å². The molecule has 6 heteroatoms. The van der Waals surface area contributed by atoms with E-state index in [1.54, 1.807) is 19.4 Å². The zero-order chi connectivity index (χ0) is 14.5. The molecule has 3 rings (SSSR count). The van der Waals surface area contributed by atoms with Crippen LogP contribution in [0.5, 0.6) is 17.6 Å². The van der Waals surface area contributed by atoms with Crippen LogP contribution in [-0.4, -0.2) is 43.3 Å². The van der Waals surface area contributed by atoms with Crippen LogP contribution in [0.25, 0.3) is 0 Å². The molecule has 1 aromatic heterocycles. The van der Waals surface area contributed by atoms with Crippen LogP contribution >= 0.6 is 0 Å². The average molecular weight is 286 g/mol. The van der Waals surface area contributed by atoms with Crippen LogP contribution in [0.1, 0.15) is 0 Å². The third-order valence-corrected chi connectivity index (χ3v) is 3.35. The van der Waals surface area contributed by atoms with Crippen LogP contribution in [0.4, 0.5) is 5.69 Å². The van der Waals surface area contributed by atoms with Crippen molar-refractivity contribution in [1.29, 1.82) is 0 Å². The summed E-state index contributed by atoms with van der Waals surface area (Å²) in [5.41, 5.74) is 1.20. The Bertz CT molecular complexity index is 582. The lowest BCUT2D eigenvalue weighted by molar-refractivity contribution is 0.376. The lowest BCUT2D eigenvalue weighted by Gasteiger charge is -2.29. The van der Waals surface area contributed by atoms with Gasteiger partial charge >= 0.3 is 6.01 Å². The van der Waals surface area contributed by atoms with Gasteiger partial charge in [0.05, 0.1) is 7.11 Å². The molecule has 6 nitrogen and oxygen atoms in total. The van der Waals surface area contributed by atoms with Crippen molar-refractivity contribution in [3.8, 4) is 17.6 Å². The van der Waals surface area contributed by atoms with Gasteiger partial charge in [0.1, 0.15) is 5.75 Å². The molecule has 1 saturated heterocycles. The summed E-state index contributed by atoms with van der Waals surface area (Å²) in [5, 5.41) is 3.34. The Kier molecular flexibility index (Phi) is 4.16. The van der Waals surface area contributed by atoms with Gasteiger partial charge in [-0.1, -0.05) is 0 Å². The average Bonchev–Trinajstić information content (AvgIpc) is 2.56. The number of piperazine rings is 1. The smallest absolute Gasteiger partial charge is 0.325 e. The summed E-state index contributed by atoms with van der Waals surface area (Å²) in [6.07, 6.45) is 1.61. The van der Waals surface area contributed by atoms with E-state index in [2.05, 4.69) is 32.3 Å². The molecule has 2 aromatic rings. The van der Waals surface area contributed by atoms with Crippen molar-refractivity contribution in [2.45, 2.75) is 0 Å². The Morgan fingerprint density at radius 1 is 1.10 bits per heavy atom. The molecule has 2 heterocycles. The monoisotopic (exact) mass is 286 g/mol. The van der Waals surface area contributed by atoms with Crippen LogP contribution in [-0.2, 0) is 0 Å². The first-order valence-corrected chi connectivity index (χ1v) is 6.96. The molecule has 1 aromatic carbocycles. The number of ether oxygens (including phenoxy) is 2. The van der Waals surface area contributed by atoms with E-state index in [4.69, 9.17) is 9.47 Å². The van der Waals surface area contributed by atoms with E-state index in [0.717, 1.165) is 26.2 Å². The van der Waals surface area contributed by atoms with Crippen LogP contribution in [0.3, 0.4) is 0 Å². The van der Waals surface area contributed by atoms with Crippen molar-refractivity contribution in [1.82, 2.24) is 15.3 Å². The molecule has 1 fully saturated rings. The molecule has 0 radical (unpaired) electrons. The zero-order valence-electron chi connectivity index (χ0n) is 12.0. The van der Waals surface area contributed by atoms with Crippen molar-refractivity contribution in [3.05, 3.63) is 36.5 Å². The summed E-state index contributed by atoms with van der Waals surface area (Å²) in [5.74, 6) is 1.19. The van der Waals surface area contributed by atoms with Gasteiger partial charge in [-0.15, -0.1) is 0 Å². The van der Waals surface area contributed by atoms with E-state index in [9.17, 15) is 0 Å². The largest absolute Gasteiger partial charge is 0.481 e. The van der Waals surface area contributed by atoms with Crippen molar-refractivity contribution < 1.29 is 9.47 Å². The van der Waals surface area contributed by atoms with Gasteiger partial charge in [0.15, 0.2) is 0 Å². The molecule has 110 valence electrons. The third-order valence-electron chi connectivity index (χ3n) is 3.35. The molecule has 1 aliphatic rings. The van der Waals surface area contributed by atoms with Crippen LogP contribution in [0, 0.1) is 0 Å². The summed E-state index contributed by atoms with van der Waals surface area (Å²) in [6, 6.07) is 9.94. The topological polar surface area (TPSA) is 59.5 Å².